The summed E-state index contributed by atoms with van der Waals surface area (Å²) in [7, 11) is 0. The zero-order chi connectivity index (χ0) is 35.1. The third kappa shape index (κ3) is 8.82. The number of esters is 4. The molecule has 5 rings (SSSR count). The number of rotatable bonds is 10. The van der Waals surface area contributed by atoms with Gasteiger partial charge in [-0.05, 0) is 19.1 Å². The van der Waals surface area contributed by atoms with Gasteiger partial charge in [-0.2, -0.15) is 0 Å². The van der Waals surface area contributed by atoms with Crippen LogP contribution in [0.15, 0.2) is 60.7 Å². The van der Waals surface area contributed by atoms with Gasteiger partial charge < -0.3 is 47.4 Å². The fourth-order valence-electron chi connectivity index (χ4n) is 5.87. The number of hydrogen-bond donors (Lipinski definition) is 0. The van der Waals surface area contributed by atoms with E-state index in [1.165, 1.54) is 6.92 Å². The van der Waals surface area contributed by atoms with Crippen molar-refractivity contribution in [3.05, 3.63) is 71.8 Å². The van der Waals surface area contributed by atoms with Gasteiger partial charge >= 0.3 is 23.9 Å². The third-order valence-electron chi connectivity index (χ3n) is 7.86. The Bertz CT molecular complexity index is 1490. The Morgan fingerprint density at radius 3 is 1.98 bits per heavy atom. The maximum Gasteiger partial charge on any atom is 0.338 e. The summed E-state index contributed by atoms with van der Waals surface area (Å²) >= 11 is 0. The molecule has 3 saturated heterocycles. The van der Waals surface area contributed by atoms with Gasteiger partial charge in [0.25, 0.3) is 0 Å². The summed E-state index contributed by atoms with van der Waals surface area (Å²) in [6.45, 7) is 4.82. The van der Waals surface area contributed by atoms with Crippen LogP contribution in [0.5, 0.6) is 0 Å². The first-order chi connectivity index (χ1) is 23.5. The van der Waals surface area contributed by atoms with Crippen LogP contribution in [-0.2, 0) is 61.8 Å². The Balaban J connectivity index is 1.54. The molecule has 0 aliphatic carbocycles. The highest BCUT2D eigenvalue weighted by Gasteiger charge is 2.57. The van der Waals surface area contributed by atoms with E-state index in [1.807, 2.05) is 30.3 Å². The second-order valence-corrected chi connectivity index (χ2v) is 11.5. The van der Waals surface area contributed by atoms with Crippen LogP contribution in [0.3, 0.4) is 0 Å². The second-order valence-electron chi connectivity index (χ2n) is 11.5. The van der Waals surface area contributed by atoms with Crippen molar-refractivity contribution >= 4 is 23.9 Å². The summed E-state index contributed by atoms with van der Waals surface area (Å²) in [5.74, 6) is -0.536. The summed E-state index contributed by atoms with van der Waals surface area (Å²) in [5, 5.41) is 0. The van der Waals surface area contributed by atoms with Crippen molar-refractivity contribution in [1.82, 2.24) is 0 Å². The van der Waals surface area contributed by atoms with Crippen LogP contribution < -0.4 is 0 Å². The Hall–Kier alpha value is -4.36. The molecule has 49 heavy (non-hydrogen) atoms. The van der Waals surface area contributed by atoms with Crippen LogP contribution in [0.4, 0.5) is 0 Å². The zero-order valence-corrected chi connectivity index (χ0v) is 27.3. The van der Waals surface area contributed by atoms with Gasteiger partial charge in [0.2, 0.25) is 0 Å². The molecule has 3 fully saturated rings. The number of carbonyl (C=O) groups excluding carboxylic acids is 4. The fraction of sp³-hybridized carbons (Fsp3) is 0.486. The van der Waals surface area contributed by atoms with Gasteiger partial charge in [-0.15, -0.1) is 6.42 Å². The highest BCUT2D eigenvalue weighted by molar-refractivity contribution is 5.89. The zero-order valence-electron chi connectivity index (χ0n) is 27.3. The minimum absolute atomic E-state index is 0.0257. The molecule has 0 amide bonds. The molecule has 2 aromatic rings. The summed E-state index contributed by atoms with van der Waals surface area (Å²) in [6.07, 6.45) is -7.45. The summed E-state index contributed by atoms with van der Waals surface area (Å²) in [4.78, 5) is 50.2. The van der Waals surface area contributed by atoms with Crippen LogP contribution >= 0.6 is 0 Å². The summed E-state index contributed by atoms with van der Waals surface area (Å²) in [6, 6.07) is 17.4. The number of terminal acetylenes is 1. The first kappa shape index (κ1) is 35.9. The predicted molar refractivity (Wildman–Crippen MR) is 165 cm³/mol. The summed E-state index contributed by atoms with van der Waals surface area (Å²) in [5.41, 5.74) is 0.953. The quantitative estimate of drug-likeness (QED) is 0.204. The molecule has 0 bridgehead atoms. The van der Waals surface area contributed by atoms with E-state index >= 15 is 0 Å². The van der Waals surface area contributed by atoms with Crippen LogP contribution in [0.1, 0.15) is 49.9 Å². The van der Waals surface area contributed by atoms with E-state index in [0.29, 0.717) is 5.56 Å². The lowest BCUT2D eigenvalue weighted by Gasteiger charge is -2.50. The van der Waals surface area contributed by atoms with Crippen molar-refractivity contribution in [2.24, 2.45) is 0 Å². The fourth-order valence-corrected chi connectivity index (χ4v) is 5.87. The van der Waals surface area contributed by atoms with Crippen molar-refractivity contribution in [3.63, 3.8) is 0 Å². The number of benzene rings is 2. The highest BCUT2D eigenvalue weighted by atomic mass is 16.8. The SMILES string of the molecule is C#CCO[C@@H]1OC2COC(c3ccccc3)O[C@H]2C(OC(=O)c2ccccc2)C1O[C@@H]1OC(C)[C@H](OC(C)=O)C(OC(C)=O)C1OC(C)=O. The number of fused-ring (bicyclic) bond motifs is 1. The molecule has 3 aliphatic heterocycles. The Morgan fingerprint density at radius 1 is 0.735 bits per heavy atom. The first-order valence-electron chi connectivity index (χ1n) is 15.7. The molecular formula is C35H38O14. The molecule has 3 aliphatic rings. The molecule has 11 atom stereocenters. The molecule has 0 saturated carbocycles. The highest BCUT2D eigenvalue weighted by Crippen LogP contribution is 2.39. The Labute approximate surface area is 283 Å². The van der Waals surface area contributed by atoms with Crippen molar-refractivity contribution in [2.45, 2.75) is 95.4 Å². The Morgan fingerprint density at radius 2 is 1.35 bits per heavy atom. The van der Waals surface area contributed by atoms with E-state index in [0.717, 1.165) is 13.8 Å². The first-order valence-corrected chi connectivity index (χ1v) is 15.7. The van der Waals surface area contributed by atoms with E-state index in [1.54, 1.807) is 37.3 Å². The molecule has 14 heteroatoms. The molecule has 2 aromatic carbocycles. The minimum atomic E-state index is -1.50. The van der Waals surface area contributed by atoms with Gasteiger partial charge in [0.05, 0.1) is 18.3 Å². The maximum atomic E-state index is 13.6. The van der Waals surface area contributed by atoms with E-state index in [9.17, 15) is 19.2 Å². The molecule has 0 radical (unpaired) electrons. The Kier molecular flexibility index (Phi) is 12.0. The van der Waals surface area contributed by atoms with Gasteiger partial charge in [-0.1, -0.05) is 54.5 Å². The standard InChI is InChI=1S/C35H38O14/c1-6-17-40-34-30(49-35-31(45-22(5)38)28(44-21(4)37)26(19(2)42-35)43-20(3)36)29(47-32(39)23-13-9-7-10-14-23)27-25(46-34)18-41-33(48-27)24-15-11-8-12-16-24/h1,7-16,19,25-31,33-35H,17-18H2,2-5H3/t19?,25?,26-,27+,28?,29?,30?,31?,33?,34+,35-/m0/s1. The molecule has 262 valence electrons. The van der Waals surface area contributed by atoms with Gasteiger partial charge in [-0.3, -0.25) is 14.4 Å². The monoisotopic (exact) mass is 682 g/mol. The van der Waals surface area contributed by atoms with Crippen LogP contribution in [0, 0.1) is 12.3 Å². The number of carbonyl (C=O) groups is 4. The second kappa shape index (κ2) is 16.4. The smallest absolute Gasteiger partial charge is 0.338 e. The van der Waals surface area contributed by atoms with E-state index < -0.39 is 91.6 Å². The topological polar surface area (TPSA) is 161 Å². The largest absolute Gasteiger partial charge is 0.456 e. The molecular weight excluding hydrogens is 644 g/mol. The molecule has 3 heterocycles. The lowest BCUT2D eigenvalue weighted by Crippen LogP contribution is -2.67. The lowest BCUT2D eigenvalue weighted by molar-refractivity contribution is -0.390. The van der Waals surface area contributed by atoms with E-state index in [-0.39, 0.29) is 18.8 Å². The van der Waals surface area contributed by atoms with E-state index in [4.69, 9.17) is 53.8 Å². The third-order valence-corrected chi connectivity index (χ3v) is 7.86. The lowest BCUT2D eigenvalue weighted by atomic mass is 9.96. The van der Waals surface area contributed by atoms with Crippen LogP contribution in [0.2, 0.25) is 0 Å². The maximum absolute atomic E-state index is 13.6. The average Bonchev–Trinajstić information content (AvgIpc) is 3.08. The van der Waals surface area contributed by atoms with Crippen molar-refractivity contribution in [3.8, 4) is 12.3 Å². The molecule has 0 N–H and O–H groups in total. The molecule has 0 spiro atoms. The normalized spacial score (nSPS) is 32.4. The molecule has 14 nitrogen and oxygen atoms in total. The summed E-state index contributed by atoms with van der Waals surface area (Å²) < 4.78 is 59.8. The molecule has 7 unspecified atom stereocenters. The van der Waals surface area contributed by atoms with Crippen LogP contribution in [0.25, 0.3) is 0 Å². The minimum Gasteiger partial charge on any atom is -0.456 e. The van der Waals surface area contributed by atoms with E-state index in [2.05, 4.69) is 5.92 Å². The predicted octanol–water partition coefficient (Wildman–Crippen LogP) is 2.63. The van der Waals surface area contributed by atoms with Gasteiger partial charge in [-0.25, -0.2) is 4.79 Å². The van der Waals surface area contributed by atoms with Crippen molar-refractivity contribution in [2.75, 3.05) is 13.2 Å². The van der Waals surface area contributed by atoms with Crippen molar-refractivity contribution in [1.29, 1.82) is 0 Å². The number of hydrogen-bond acceptors (Lipinski definition) is 14. The number of ether oxygens (including phenoxy) is 10. The van der Waals surface area contributed by atoms with Gasteiger partial charge in [0.1, 0.15) is 18.8 Å². The van der Waals surface area contributed by atoms with Gasteiger partial charge in [0.15, 0.2) is 49.4 Å². The van der Waals surface area contributed by atoms with Crippen LogP contribution in [-0.4, -0.2) is 98.5 Å². The molecule has 0 aromatic heterocycles. The van der Waals surface area contributed by atoms with Gasteiger partial charge in [0, 0.05) is 26.3 Å². The average molecular weight is 683 g/mol. The van der Waals surface area contributed by atoms with Crippen molar-refractivity contribution < 1.29 is 66.5 Å².